The lowest BCUT2D eigenvalue weighted by atomic mass is 9.95. The highest BCUT2D eigenvalue weighted by atomic mass is 28.3. The van der Waals surface area contributed by atoms with Crippen molar-refractivity contribution in [3.63, 3.8) is 0 Å². The number of hydrogen-bond acceptors (Lipinski definition) is 2. The van der Waals surface area contributed by atoms with Gasteiger partial charge in [-0.25, -0.2) is 0 Å². The summed E-state index contributed by atoms with van der Waals surface area (Å²) in [5, 5.41) is 3.71. The monoisotopic (exact) mass is 367 g/mol. The Labute approximate surface area is 160 Å². The number of hydroxylamine groups is 2. The molecular weight excluding hydrogens is 334 g/mol. The normalized spacial score (nSPS) is 17.8. The molecule has 2 aromatic carbocycles. The SMILES string of the molecule is CC[Si](CC)(CC)c1cccc2c1ON(C(C)(C)C)C2c1ccccc1. The molecule has 2 aromatic rings. The quantitative estimate of drug-likeness (QED) is 0.610. The molecule has 0 saturated carbocycles. The van der Waals surface area contributed by atoms with Gasteiger partial charge in [0.2, 0.25) is 0 Å². The van der Waals surface area contributed by atoms with Crippen molar-refractivity contribution in [1.29, 1.82) is 0 Å². The van der Waals surface area contributed by atoms with Crippen molar-refractivity contribution in [2.24, 2.45) is 0 Å². The van der Waals surface area contributed by atoms with Crippen LogP contribution in [-0.2, 0) is 0 Å². The van der Waals surface area contributed by atoms with Crippen LogP contribution in [0.25, 0.3) is 0 Å². The van der Waals surface area contributed by atoms with Crippen molar-refractivity contribution in [2.45, 2.75) is 71.3 Å². The van der Waals surface area contributed by atoms with E-state index in [1.54, 1.807) is 0 Å². The molecule has 3 rings (SSSR count). The molecule has 0 N–H and O–H groups in total. The molecule has 2 nitrogen and oxygen atoms in total. The standard InChI is InChI=1S/C23H33NOSi/c1-7-26(8-2,9-3)20-17-13-16-19-21(18-14-11-10-12-15-18)24(23(4,5)6)25-22(19)20/h10-17,21H,7-9H2,1-6H3. The molecule has 1 heterocycles. The zero-order valence-corrected chi connectivity index (χ0v) is 18.2. The van der Waals surface area contributed by atoms with Gasteiger partial charge in [-0.15, -0.1) is 5.06 Å². The van der Waals surface area contributed by atoms with Crippen LogP contribution < -0.4 is 10.0 Å². The van der Waals surface area contributed by atoms with E-state index in [9.17, 15) is 0 Å². The fraction of sp³-hybridized carbons (Fsp3) is 0.478. The smallest absolute Gasteiger partial charge is 0.152 e. The maximum Gasteiger partial charge on any atom is 0.152 e. The zero-order chi connectivity index (χ0) is 18.9. The molecule has 0 aliphatic carbocycles. The van der Waals surface area contributed by atoms with Crippen LogP contribution in [0.2, 0.25) is 18.1 Å². The van der Waals surface area contributed by atoms with Crippen LogP contribution in [0.3, 0.4) is 0 Å². The topological polar surface area (TPSA) is 12.5 Å². The van der Waals surface area contributed by atoms with Gasteiger partial charge in [0.1, 0.15) is 6.04 Å². The number of rotatable bonds is 5. The second kappa shape index (κ2) is 7.20. The van der Waals surface area contributed by atoms with Crippen LogP contribution in [0.1, 0.15) is 58.7 Å². The molecule has 3 heteroatoms. The van der Waals surface area contributed by atoms with Crippen molar-refractivity contribution in [1.82, 2.24) is 5.06 Å². The van der Waals surface area contributed by atoms with E-state index in [-0.39, 0.29) is 11.6 Å². The van der Waals surface area contributed by atoms with E-state index in [0.29, 0.717) is 0 Å². The molecule has 0 amide bonds. The van der Waals surface area contributed by atoms with E-state index in [0.717, 1.165) is 5.75 Å². The van der Waals surface area contributed by atoms with Gasteiger partial charge >= 0.3 is 0 Å². The van der Waals surface area contributed by atoms with Gasteiger partial charge in [0.05, 0.1) is 8.07 Å². The Morgan fingerprint density at radius 2 is 1.50 bits per heavy atom. The van der Waals surface area contributed by atoms with Crippen LogP contribution in [0.15, 0.2) is 48.5 Å². The van der Waals surface area contributed by atoms with E-state index in [1.807, 2.05) is 0 Å². The molecule has 1 atom stereocenters. The summed E-state index contributed by atoms with van der Waals surface area (Å²) in [6.07, 6.45) is 0. The average molecular weight is 368 g/mol. The Hall–Kier alpha value is -1.58. The van der Waals surface area contributed by atoms with Gasteiger partial charge in [0, 0.05) is 11.1 Å². The number of hydrogen-bond donors (Lipinski definition) is 0. The molecule has 0 aromatic heterocycles. The van der Waals surface area contributed by atoms with Crippen molar-refractivity contribution >= 4 is 13.3 Å². The highest BCUT2D eigenvalue weighted by molar-refractivity contribution is 6.92. The molecule has 0 bridgehead atoms. The van der Waals surface area contributed by atoms with E-state index in [1.165, 1.54) is 34.4 Å². The molecule has 1 aliphatic heterocycles. The van der Waals surface area contributed by atoms with Gasteiger partial charge < -0.3 is 4.84 Å². The Balaban J connectivity index is 2.20. The third-order valence-electron chi connectivity index (χ3n) is 6.14. The molecule has 140 valence electrons. The van der Waals surface area contributed by atoms with Gasteiger partial charge in [0.15, 0.2) is 5.75 Å². The predicted octanol–water partition coefficient (Wildman–Crippen LogP) is 5.90. The minimum atomic E-state index is -1.52. The third-order valence-corrected chi connectivity index (χ3v) is 11.7. The molecule has 0 fully saturated rings. The third kappa shape index (κ3) is 3.12. The number of para-hydroxylation sites is 1. The van der Waals surface area contributed by atoms with E-state index < -0.39 is 8.07 Å². The Morgan fingerprint density at radius 3 is 2.04 bits per heavy atom. The second-order valence-corrected chi connectivity index (χ2v) is 13.7. The largest absolute Gasteiger partial charge is 0.404 e. The molecule has 1 aliphatic rings. The van der Waals surface area contributed by atoms with Gasteiger partial charge in [-0.1, -0.05) is 87.4 Å². The van der Waals surface area contributed by atoms with Crippen molar-refractivity contribution in [2.75, 3.05) is 0 Å². The summed E-state index contributed by atoms with van der Waals surface area (Å²) >= 11 is 0. The fourth-order valence-corrected chi connectivity index (χ4v) is 8.13. The van der Waals surface area contributed by atoms with E-state index >= 15 is 0 Å². The summed E-state index contributed by atoms with van der Waals surface area (Å²) in [7, 11) is -1.52. The highest BCUT2D eigenvalue weighted by Crippen LogP contribution is 2.45. The number of fused-ring (bicyclic) bond motifs is 1. The first-order valence-corrected chi connectivity index (χ1v) is 12.7. The Morgan fingerprint density at radius 1 is 0.885 bits per heavy atom. The molecule has 1 unspecified atom stereocenters. The molecule has 26 heavy (non-hydrogen) atoms. The number of benzene rings is 2. The first-order valence-electron chi connectivity index (χ1n) is 10.0. The van der Waals surface area contributed by atoms with E-state index in [2.05, 4.69) is 95.1 Å². The van der Waals surface area contributed by atoms with Crippen LogP contribution in [0.5, 0.6) is 5.75 Å². The summed E-state index contributed by atoms with van der Waals surface area (Å²) in [5.74, 6) is 1.15. The van der Waals surface area contributed by atoms with Gasteiger partial charge in [-0.3, -0.25) is 0 Å². The summed E-state index contributed by atoms with van der Waals surface area (Å²) in [5.41, 5.74) is 2.55. The van der Waals surface area contributed by atoms with Crippen LogP contribution >= 0.6 is 0 Å². The van der Waals surface area contributed by atoms with Crippen molar-refractivity contribution in [3.05, 3.63) is 59.7 Å². The predicted molar refractivity (Wildman–Crippen MR) is 114 cm³/mol. The highest BCUT2D eigenvalue weighted by Gasteiger charge is 2.44. The molecule has 0 radical (unpaired) electrons. The minimum absolute atomic E-state index is 0.0777. The van der Waals surface area contributed by atoms with Crippen molar-refractivity contribution < 1.29 is 4.84 Å². The van der Waals surface area contributed by atoms with E-state index in [4.69, 9.17) is 4.84 Å². The lowest BCUT2D eigenvalue weighted by Crippen LogP contribution is -2.47. The fourth-order valence-electron chi connectivity index (χ4n) is 4.36. The first kappa shape index (κ1) is 19.2. The Kier molecular flexibility index (Phi) is 5.32. The Bertz CT molecular complexity index is 738. The van der Waals surface area contributed by atoms with Crippen molar-refractivity contribution in [3.8, 4) is 5.75 Å². The summed E-state index contributed by atoms with van der Waals surface area (Å²) in [6, 6.07) is 21.6. The maximum atomic E-state index is 6.65. The first-order chi connectivity index (χ1) is 12.4. The number of nitrogens with zero attached hydrogens (tertiary/aromatic N) is 1. The maximum absolute atomic E-state index is 6.65. The van der Waals surface area contributed by atoms with Crippen LogP contribution in [-0.4, -0.2) is 18.7 Å². The lowest BCUT2D eigenvalue weighted by molar-refractivity contribution is -0.128. The average Bonchev–Trinajstić information content (AvgIpc) is 3.05. The van der Waals surface area contributed by atoms with Gasteiger partial charge in [-0.05, 0) is 31.5 Å². The molecule has 0 saturated heterocycles. The summed E-state index contributed by atoms with van der Waals surface area (Å²) in [4.78, 5) is 6.65. The van der Waals surface area contributed by atoms with Crippen LogP contribution in [0, 0.1) is 0 Å². The summed E-state index contributed by atoms with van der Waals surface area (Å²) < 4.78 is 0. The molecular formula is C23H33NOSi. The van der Waals surface area contributed by atoms with Gasteiger partial charge in [-0.2, -0.15) is 0 Å². The van der Waals surface area contributed by atoms with Gasteiger partial charge in [0.25, 0.3) is 0 Å². The molecule has 0 spiro atoms. The van der Waals surface area contributed by atoms with Crippen LogP contribution in [0.4, 0.5) is 0 Å². The second-order valence-electron chi connectivity index (χ2n) is 8.47. The minimum Gasteiger partial charge on any atom is -0.404 e. The lowest BCUT2D eigenvalue weighted by Gasteiger charge is -2.35. The summed E-state index contributed by atoms with van der Waals surface area (Å²) in [6.45, 7) is 13.8. The zero-order valence-electron chi connectivity index (χ0n) is 17.2.